The van der Waals surface area contributed by atoms with Crippen molar-refractivity contribution in [1.82, 2.24) is 10.3 Å². The quantitative estimate of drug-likeness (QED) is 0.805. The highest BCUT2D eigenvalue weighted by molar-refractivity contribution is 5.93. The van der Waals surface area contributed by atoms with Gasteiger partial charge in [0, 0.05) is 12.4 Å². The zero-order valence-corrected chi connectivity index (χ0v) is 9.94. The molecule has 88 valence electrons. The molecule has 1 amide bonds. The van der Waals surface area contributed by atoms with Gasteiger partial charge in [0.05, 0.1) is 6.04 Å². The first-order valence-electron chi connectivity index (χ1n) is 5.94. The van der Waals surface area contributed by atoms with Crippen LogP contribution in [0, 0.1) is 17.8 Å². The van der Waals surface area contributed by atoms with Crippen molar-refractivity contribution in [1.29, 1.82) is 0 Å². The molecule has 1 aromatic rings. The lowest BCUT2D eigenvalue weighted by Crippen LogP contribution is -2.35. The third kappa shape index (κ3) is 2.85. The molecule has 0 radical (unpaired) electrons. The number of carbonyl (C=O) groups excluding carboxylic acids is 1. The van der Waals surface area contributed by atoms with Crippen LogP contribution in [-0.2, 0) is 4.79 Å². The van der Waals surface area contributed by atoms with E-state index >= 15 is 0 Å². The predicted molar refractivity (Wildman–Crippen MR) is 65.9 cm³/mol. The SMILES string of the molecule is CC#CC(=O)NC(c1ccncc1)C1CCC1. The Labute approximate surface area is 102 Å². The van der Waals surface area contributed by atoms with Crippen molar-refractivity contribution in [2.75, 3.05) is 0 Å². The topological polar surface area (TPSA) is 42.0 Å². The average Bonchev–Trinajstić information content (AvgIpc) is 2.27. The second-order valence-electron chi connectivity index (χ2n) is 4.30. The van der Waals surface area contributed by atoms with Gasteiger partial charge in [-0.3, -0.25) is 9.78 Å². The van der Waals surface area contributed by atoms with Crippen molar-refractivity contribution in [3.05, 3.63) is 30.1 Å². The van der Waals surface area contributed by atoms with Crippen LogP contribution in [0.1, 0.15) is 37.8 Å². The molecule has 3 nitrogen and oxygen atoms in total. The number of carbonyl (C=O) groups is 1. The summed E-state index contributed by atoms with van der Waals surface area (Å²) in [6.07, 6.45) is 7.12. The number of nitrogens with zero attached hydrogens (tertiary/aromatic N) is 1. The maximum atomic E-state index is 11.6. The predicted octanol–water partition coefficient (Wildman–Crippen LogP) is 2.06. The Hall–Kier alpha value is -1.82. The number of amides is 1. The Morgan fingerprint density at radius 3 is 2.71 bits per heavy atom. The second kappa shape index (κ2) is 5.49. The van der Waals surface area contributed by atoms with E-state index in [1.54, 1.807) is 19.3 Å². The van der Waals surface area contributed by atoms with E-state index in [-0.39, 0.29) is 11.9 Å². The van der Waals surface area contributed by atoms with Crippen molar-refractivity contribution in [3.8, 4) is 11.8 Å². The Bertz CT molecular complexity index is 440. The number of rotatable bonds is 3. The van der Waals surface area contributed by atoms with Crippen LogP contribution in [0.5, 0.6) is 0 Å². The molecule has 0 aromatic carbocycles. The van der Waals surface area contributed by atoms with Gasteiger partial charge in [0.2, 0.25) is 0 Å². The van der Waals surface area contributed by atoms with Crippen LogP contribution in [-0.4, -0.2) is 10.9 Å². The van der Waals surface area contributed by atoms with Crippen LogP contribution < -0.4 is 5.32 Å². The molecule has 1 fully saturated rings. The maximum Gasteiger partial charge on any atom is 0.296 e. The molecular formula is C14H16N2O. The van der Waals surface area contributed by atoms with Crippen molar-refractivity contribution in [2.45, 2.75) is 32.2 Å². The fourth-order valence-corrected chi connectivity index (χ4v) is 2.11. The van der Waals surface area contributed by atoms with Crippen molar-refractivity contribution in [2.24, 2.45) is 5.92 Å². The van der Waals surface area contributed by atoms with E-state index in [0.717, 1.165) is 5.56 Å². The van der Waals surface area contributed by atoms with Gasteiger partial charge in [-0.25, -0.2) is 0 Å². The number of aromatic nitrogens is 1. The van der Waals surface area contributed by atoms with E-state index in [4.69, 9.17) is 0 Å². The Morgan fingerprint density at radius 2 is 2.18 bits per heavy atom. The highest BCUT2D eigenvalue weighted by atomic mass is 16.1. The highest BCUT2D eigenvalue weighted by Gasteiger charge is 2.29. The molecule has 1 unspecified atom stereocenters. The minimum absolute atomic E-state index is 0.0834. The number of nitrogens with one attached hydrogen (secondary N) is 1. The van der Waals surface area contributed by atoms with Crippen LogP contribution in [0.2, 0.25) is 0 Å². The van der Waals surface area contributed by atoms with Gasteiger partial charge in [0.25, 0.3) is 5.91 Å². The first kappa shape index (κ1) is 11.7. The van der Waals surface area contributed by atoms with Crippen molar-refractivity contribution >= 4 is 5.91 Å². The maximum absolute atomic E-state index is 11.6. The molecule has 2 rings (SSSR count). The first-order valence-corrected chi connectivity index (χ1v) is 5.94. The van der Waals surface area contributed by atoms with E-state index < -0.39 is 0 Å². The fraction of sp³-hybridized carbons (Fsp3) is 0.429. The van der Waals surface area contributed by atoms with Gasteiger partial charge >= 0.3 is 0 Å². The number of pyridine rings is 1. The second-order valence-corrected chi connectivity index (χ2v) is 4.30. The molecule has 0 saturated heterocycles. The van der Waals surface area contributed by atoms with Gasteiger partial charge in [-0.2, -0.15) is 0 Å². The standard InChI is InChI=1S/C14H16N2O/c1-2-4-13(17)16-14(11-5-3-6-11)12-7-9-15-10-8-12/h7-11,14H,3,5-6H2,1H3,(H,16,17). The molecular weight excluding hydrogens is 212 g/mol. The zero-order chi connectivity index (χ0) is 12.1. The highest BCUT2D eigenvalue weighted by Crippen LogP contribution is 2.37. The minimum atomic E-state index is -0.193. The summed E-state index contributed by atoms with van der Waals surface area (Å²) in [6.45, 7) is 1.67. The Balaban J connectivity index is 2.13. The summed E-state index contributed by atoms with van der Waals surface area (Å²) in [5.74, 6) is 5.51. The summed E-state index contributed by atoms with van der Waals surface area (Å²) in [5.41, 5.74) is 1.12. The summed E-state index contributed by atoms with van der Waals surface area (Å²) in [4.78, 5) is 15.6. The first-order chi connectivity index (χ1) is 8.31. The lowest BCUT2D eigenvalue weighted by Gasteiger charge is -2.34. The van der Waals surface area contributed by atoms with Crippen LogP contribution in [0.4, 0.5) is 0 Å². The van der Waals surface area contributed by atoms with Gasteiger partial charge in [0.1, 0.15) is 0 Å². The van der Waals surface area contributed by atoms with Gasteiger partial charge in [-0.15, -0.1) is 0 Å². The molecule has 1 aromatic heterocycles. The molecule has 0 spiro atoms. The smallest absolute Gasteiger partial charge is 0.296 e. The van der Waals surface area contributed by atoms with E-state index in [1.807, 2.05) is 12.1 Å². The molecule has 1 aliphatic rings. The van der Waals surface area contributed by atoms with Crippen LogP contribution in [0.3, 0.4) is 0 Å². The summed E-state index contributed by atoms with van der Waals surface area (Å²) in [7, 11) is 0. The largest absolute Gasteiger partial charge is 0.338 e. The van der Waals surface area contributed by atoms with Crippen LogP contribution in [0.15, 0.2) is 24.5 Å². The molecule has 0 aliphatic heterocycles. The number of hydrogen-bond donors (Lipinski definition) is 1. The lowest BCUT2D eigenvalue weighted by molar-refractivity contribution is -0.117. The molecule has 0 bridgehead atoms. The molecule has 17 heavy (non-hydrogen) atoms. The zero-order valence-electron chi connectivity index (χ0n) is 9.94. The normalized spacial score (nSPS) is 16.3. The van der Waals surface area contributed by atoms with Crippen molar-refractivity contribution in [3.63, 3.8) is 0 Å². The molecule has 3 heteroatoms. The van der Waals surface area contributed by atoms with E-state index in [2.05, 4.69) is 22.1 Å². The molecule has 1 atom stereocenters. The van der Waals surface area contributed by atoms with Crippen LogP contribution >= 0.6 is 0 Å². The fourth-order valence-electron chi connectivity index (χ4n) is 2.11. The summed E-state index contributed by atoms with van der Waals surface area (Å²) in [5, 5.41) is 3.00. The molecule has 1 saturated carbocycles. The van der Waals surface area contributed by atoms with Gasteiger partial charge in [-0.1, -0.05) is 12.3 Å². The van der Waals surface area contributed by atoms with Crippen LogP contribution in [0.25, 0.3) is 0 Å². The molecule has 1 aliphatic carbocycles. The third-order valence-corrected chi connectivity index (χ3v) is 3.21. The summed E-state index contributed by atoms with van der Waals surface area (Å²) < 4.78 is 0. The monoisotopic (exact) mass is 228 g/mol. The minimum Gasteiger partial charge on any atom is -0.338 e. The van der Waals surface area contributed by atoms with E-state index in [0.29, 0.717) is 5.92 Å². The van der Waals surface area contributed by atoms with Gasteiger partial charge in [-0.05, 0) is 49.3 Å². The van der Waals surface area contributed by atoms with Gasteiger partial charge < -0.3 is 5.32 Å². The lowest BCUT2D eigenvalue weighted by atomic mass is 9.77. The summed E-state index contributed by atoms with van der Waals surface area (Å²) in [6, 6.07) is 4.01. The van der Waals surface area contributed by atoms with Crippen molar-refractivity contribution < 1.29 is 4.79 Å². The Kier molecular flexibility index (Phi) is 3.77. The van der Waals surface area contributed by atoms with E-state index in [1.165, 1.54) is 19.3 Å². The summed E-state index contributed by atoms with van der Waals surface area (Å²) >= 11 is 0. The molecule has 1 heterocycles. The number of hydrogen-bond acceptors (Lipinski definition) is 2. The van der Waals surface area contributed by atoms with Gasteiger partial charge in [0.15, 0.2) is 0 Å². The molecule has 1 N–H and O–H groups in total. The Morgan fingerprint density at radius 1 is 1.47 bits per heavy atom. The third-order valence-electron chi connectivity index (χ3n) is 3.21. The average molecular weight is 228 g/mol. The van der Waals surface area contributed by atoms with E-state index in [9.17, 15) is 4.79 Å².